The molecule has 440 valence electrons. The lowest BCUT2D eigenvalue weighted by atomic mass is 10.0. The second-order valence-corrected chi connectivity index (χ2v) is 22.0. The van der Waals surface area contributed by atoms with Crippen LogP contribution in [0.3, 0.4) is 0 Å². The number of allylic oxidation sites excluding steroid dienone is 12. The van der Waals surface area contributed by atoms with Gasteiger partial charge in [-0.1, -0.05) is 293 Å². The Kier molecular flexibility index (Phi) is 61.7. The predicted molar refractivity (Wildman–Crippen MR) is 330 cm³/mol. The molecule has 0 rings (SSSR count). The predicted octanol–water partition coefficient (Wildman–Crippen LogP) is 22.5. The number of hydrogen-bond donors (Lipinski definition) is 0. The second-order valence-electron chi connectivity index (χ2n) is 22.0. The van der Waals surface area contributed by atoms with E-state index in [1.54, 1.807) is 0 Å². The van der Waals surface area contributed by atoms with Gasteiger partial charge in [0.15, 0.2) is 6.10 Å². The topological polar surface area (TPSA) is 78.9 Å². The molecule has 0 aliphatic rings. The van der Waals surface area contributed by atoms with Crippen LogP contribution in [0.25, 0.3) is 0 Å². The summed E-state index contributed by atoms with van der Waals surface area (Å²) in [6.07, 6.45) is 83.4. The summed E-state index contributed by atoms with van der Waals surface area (Å²) in [6.45, 7) is 6.63. The molecule has 0 saturated heterocycles. The number of unbranched alkanes of at least 4 members (excludes halogenated alkanes) is 37. The Hall–Kier alpha value is -3.15. The molecule has 0 aliphatic heterocycles. The van der Waals surface area contributed by atoms with Crippen LogP contribution in [0.2, 0.25) is 0 Å². The zero-order chi connectivity index (χ0) is 55.0. The smallest absolute Gasteiger partial charge is 0.306 e. The van der Waals surface area contributed by atoms with Crippen molar-refractivity contribution in [1.29, 1.82) is 0 Å². The minimum atomic E-state index is -0.782. The quantitative estimate of drug-likeness (QED) is 0.0261. The van der Waals surface area contributed by atoms with E-state index in [4.69, 9.17) is 14.2 Å². The Bertz CT molecular complexity index is 1400. The van der Waals surface area contributed by atoms with Gasteiger partial charge in [-0.3, -0.25) is 14.4 Å². The van der Waals surface area contributed by atoms with E-state index in [1.165, 1.54) is 199 Å². The molecule has 0 aromatic heterocycles. The number of rotatable bonds is 60. The van der Waals surface area contributed by atoms with Gasteiger partial charge in [0, 0.05) is 19.3 Å². The first-order valence-corrected chi connectivity index (χ1v) is 32.9. The first-order valence-electron chi connectivity index (χ1n) is 32.9. The van der Waals surface area contributed by atoms with E-state index in [1.807, 2.05) is 0 Å². The zero-order valence-corrected chi connectivity index (χ0v) is 50.5. The van der Waals surface area contributed by atoms with Gasteiger partial charge in [-0.2, -0.15) is 0 Å². The molecule has 0 aromatic rings. The number of esters is 3. The van der Waals surface area contributed by atoms with E-state index in [0.717, 1.165) is 96.3 Å². The normalized spacial score (nSPS) is 12.5. The third-order valence-corrected chi connectivity index (χ3v) is 14.4. The van der Waals surface area contributed by atoms with E-state index in [0.29, 0.717) is 19.3 Å². The van der Waals surface area contributed by atoms with Crippen molar-refractivity contribution in [3.05, 3.63) is 72.9 Å². The Labute approximate surface area is 472 Å². The fourth-order valence-electron chi connectivity index (χ4n) is 9.46. The molecule has 0 aromatic carbocycles. The summed E-state index contributed by atoms with van der Waals surface area (Å²) in [7, 11) is 0. The molecule has 0 spiro atoms. The van der Waals surface area contributed by atoms with Crippen molar-refractivity contribution in [2.45, 2.75) is 341 Å². The Morgan fingerprint density at radius 2 is 0.474 bits per heavy atom. The van der Waals surface area contributed by atoms with Gasteiger partial charge in [-0.25, -0.2) is 0 Å². The summed E-state index contributed by atoms with van der Waals surface area (Å²) >= 11 is 0. The molecule has 0 N–H and O–H groups in total. The lowest BCUT2D eigenvalue weighted by molar-refractivity contribution is -0.167. The molecule has 0 radical (unpaired) electrons. The largest absolute Gasteiger partial charge is 0.462 e. The average molecular weight is 1060 g/mol. The van der Waals surface area contributed by atoms with Gasteiger partial charge in [-0.05, 0) is 96.3 Å². The summed E-state index contributed by atoms with van der Waals surface area (Å²) in [6, 6.07) is 0. The molecule has 0 heterocycles. The van der Waals surface area contributed by atoms with Gasteiger partial charge in [0.05, 0.1) is 0 Å². The van der Waals surface area contributed by atoms with Crippen LogP contribution < -0.4 is 0 Å². The lowest BCUT2D eigenvalue weighted by Crippen LogP contribution is -2.30. The molecule has 6 heteroatoms. The zero-order valence-electron chi connectivity index (χ0n) is 50.5. The van der Waals surface area contributed by atoms with Gasteiger partial charge >= 0.3 is 17.9 Å². The number of carbonyl (C=O) groups excluding carboxylic acids is 3. The summed E-state index contributed by atoms with van der Waals surface area (Å²) < 4.78 is 16.9. The number of hydrogen-bond acceptors (Lipinski definition) is 6. The molecule has 1 atom stereocenters. The Morgan fingerprint density at radius 3 is 0.737 bits per heavy atom. The monoisotopic (exact) mass is 1060 g/mol. The molecular weight excluding hydrogens is 937 g/mol. The number of carbonyl (C=O) groups is 3. The van der Waals surface area contributed by atoms with Crippen molar-refractivity contribution in [2.24, 2.45) is 0 Å². The lowest BCUT2D eigenvalue weighted by Gasteiger charge is -2.18. The molecule has 76 heavy (non-hydrogen) atoms. The molecule has 6 nitrogen and oxygen atoms in total. The third kappa shape index (κ3) is 61.7. The van der Waals surface area contributed by atoms with Crippen LogP contribution in [0.1, 0.15) is 335 Å². The molecule has 0 saturated carbocycles. The molecule has 0 amide bonds. The maximum atomic E-state index is 12.9. The third-order valence-electron chi connectivity index (χ3n) is 14.4. The average Bonchev–Trinajstić information content (AvgIpc) is 3.42. The van der Waals surface area contributed by atoms with Crippen LogP contribution in [0.5, 0.6) is 0 Å². The highest BCUT2D eigenvalue weighted by Gasteiger charge is 2.19. The van der Waals surface area contributed by atoms with Gasteiger partial charge < -0.3 is 14.2 Å². The maximum absolute atomic E-state index is 12.9. The van der Waals surface area contributed by atoms with Crippen molar-refractivity contribution < 1.29 is 28.6 Å². The van der Waals surface area contributed by atoms with E-state index in [9.17, 15) is 14.4 Å². The van der Waals surface area contributed by atoms with Crippen molar-refractivity contribution in [3.8, 4) is 0 Å². The standard InChI is InChI=1S/C70H124O6/c1-4-7-10-13-16-19-22-24-26-28-30-32-33-34-35-36-37-39-40-42-44-46-48-51-54-57-60-63-69(72)75-66-67(65-74-68(71)62-59-56-53-50-21-18-15-12-9-6-3)76-70(73)64-61-58-55-52-49-47-45-43-41-38-31-29-27-25-23-20-17-14-11-8-5-2/h22-25,28-31,33-34,41,43,67H,4-21,26-27,32,35-40,42,44-66H2,1-3H3/b24-22-,25-23-,30-28-,31-29-,34-33-,43-41-. The first-order chi connectivity index (χ1) is 37.5. The van der Waals surface area contributed by atoms with Crippen LogP contribution in [0, 0.1) is 0 Å². The van der Waals surface area contributed by atoms with Crippen LogP contribution in [-0.2, 0) is 28.6 Å². The van der Waals surface area contributed by atoms with Gasteiger partial charge in [0.2, 0.25) is 0 Å². The van der Waals surface area contributed by atoms with E-state index >= 15 is 0 Å². The van der Waals surface area contributed by atoms with Crippen LogP contribution in [0.15, 0.2) is 72.9 Å². The van der Waals surface area contributed by atoms with Gasteiger partial charge in [-0.15, -0.1) is 0 Å². The van der Waals surface area contributed by atoms with Gasteiger partial charge in [0.1, 0.15) is 13.2 Å². The minimum absolute atomic E-state index is 0.0785. The van der Waals surface area contributed by atoms with Crippen molar-refractivity contribution in [3.63, 3.8) is 0 Å². The van der Waals surface area contributed by atoms with E-state index in [2.05, 4.69) is 93.7 Å². The van der Waals surface area contributed by atoms with Crippen molar-refractivity contribution in [2.75, 3.05) is 13.2 Å². The van der Waals surface area contributed by atoms with Crippen molar-refractivity contribution >= 4 is 17.9 Å². The maximum Gasteiger partial charge on any atom is 0.306 e. The first kappa shape index (κ1) is 72.8. The minimum Gasteiger partial charge on any atom is -0.462 e. The SMILES string of the molecule is CCCCCCC/C=C\C/C=C\C/C=C\CCCCCCCCCCCCCCC(=O)OCC(COC(=O)CCCCCCCCCCCC)OC(=O)CCCCCCCC/C=C\C/C=C\C/C=C\CCCCCCC. The molecule has 0 bridgehead atoms. The Morgan fingerprint density at radius 1 is 0.263 bits per heavy atom. The summed E-state index contributed by atoms with van der Waals surface area (Å²) in [5.74, 6) is -0.880. The second kappa shape index (κ2) is 64.4. The highest BCUT2D eigenvalue weighted by molar-refractivity contribution is 5.71. The fourth-order valence-corrected chi connectivity index (χ4v) is 9.46. The molecule has 0 fully saturated rings. The van der Waals surface area contributed by atoms with Gasteiger partial charge in [0.25, 0.3) is 0 Å². The van der Waals surface area contributed by atoms with Crippen molar-refractivity contribution in [1.82, 2.24) is 0 Å². The van der Waals surface area contributed by atoms with Crippen LogP contribution in [0.4, 0.5) is 0 Å². The van der Waals surface area contributed by atoms with Crippen LogP contribution >= 0.6 is 0 Å². The summed E-state index contributed by atoms with van der Waals surface area (Å²) in [4.78, 5) is 38.2. The molecule has 1 unspecified atom stereocenters. The molecular formula is C70H124O6. The highest BCUT2D eigenvalue weighted by atomic mass is 16.6. The Balaban J connectivity index is 4.24. The highest BCUT2D eigenvalue weighted by Crippen LogP contribution is 2.16. The summed E-state index contributed by atoms with van der Waals surface area (Å²) in [5.41, 5.74) is 0. The van der Waals surface area contributed by atoms with E-state index in [-0.39, 0.29) is 31.1 Å². The fraction of sp³-hybridized carbons (Fsp3) is 0.786. The molecule has 0 aliphatic carbocycles. The van der Waals surface area contributed by atoms with E-state index < -0.39 is 6.10 Å². The number of ether oxygens (including phenoxy) is 3. The van der Waals surface area contributed by atoms with Crippen LogP contribution in [-0.4, -0.2) is 37.2 Å². The summed E-state index contributed by atoms with van der Waals surface area (Å²) in [5, 5.41) is 0.